The van der Waals surface area contributed by atoms with Gasteiger partial charge in [-0.15, -0.1) is 0 Å². The molecule has 1 aliphatic rings. The van der Waals surface area contributed by atoms with Crippen LogP contribution in [0.3, 0.4) is 0 Å². The number of hydrogen-bond acceptors (Lipinski definition) is 6. The number of benzene rings is 2. The minimum absolute atomic E-state index is 0.127. The number of halogens is 1. The van der Waals surface area contributed by atoms with Gasteiger partial charge in [-0.05, 0) is 59.1 Å². The smallest absolute Gasteiger partial charge is 0.204 e. The van der Waals surface area contributed by atoms with E-state index in [0.717, 1.165) is 23.7 Å². The summed E-state index contributed by atoms with van der Waals surface area (Å²) < 4.78 is 24.3. The van der Waals surface area contributed by atoms with Crippen molar-refractivity contribution >= 4 is 43.9 Å². The summed E-state index contributed by atoms with van der Waals surface area (Å²) in [4.78, 5) is 13.9. The average molecular weight is 586 g/mol. The van der Waals surface area contributed by atoms with Crippen molar-refractivity contribution in [2.24, 2.45) is 0 Å². The molecule has 4 rings (SSSR count). The lowest BCUT2D eigenvalue weighted by atomic mass is 9.97. The number of phenols is 1. The Kier molecular flexibility index (Phi) is 8.76. The first-order valence-electron chi connectivity index (χ1n) is 13.2. The average Bonchev–Trinajstić information content (AvgIpc) is 2.85. The maximum Gasteiger partial charge on any atom is 0.204 e. The summed E-state index contributed by atoms with van der Waals surface area (Å²) in [6, 6.07) is 3.41. The number of fused-ring (bicyclic) bond motifs is 3. The second-order valence-corrected chi connectivity index (χ2v) is 11.3. The van der Waals surface area contributed by atoms with Gasteiger partial charge in [0.25, 0.3) is 0 Å². The standard InChI is InChI=1S/C31H37BrO6/c1-19(2)11-12-21-26-23(18-25(30(21)35-5)36-16-10-8-6-7-9-15-32)37-24-17-22-20(13-14-31(3,4)38-22)28(33)27(24)29(26)34/h11,13-14,17-18,33H,6-10,12,15-16H2,1-5H3. The summed E-state index contributed by atoms with van der Waals surface area (Å²) in [5.41, 5.74) is 2.07. The quantitative estimate of drug-likeness (QED) is 0.106. The topological polar surface area (TPSA) is 78.1 Å². The van der Waals surface area contributed by atoms with Crippen molar-refractivity contribution in [3.05, 3.63) is 51.2 Å². The highest BCUT2D eigenvalue weighted by molar-refractivity contribution is 9.09. The Balaban J connectivity index is 1.84. The van der Waals surface area contributed by atoms with Crippen LogP contribution in [0, 0.1) is 0 Å². The van der Waals surface area contributed by atoms with E-state index in [-0.39, 0.29) is 22.1 Å². The number of unbranched alkanes of at least 4 members (excludes halogenated alkanes) is 4. The Morgan fingerprint density at radius 1 is 1.08 bits per heavy atom. The van der Waals surface area contributed by atoms with Crippen molar-refractivity contribution in [1.82, 2.24) is 0 Å². The van der Waals surface area contributed by atoms with Gasteiger partial charge in [-0.3, -0.25) is 4.79 Å². The number of rotatable bonds is 11. The monoisotopic (exact) mass is 584 g/mol. The molecule has 7 heteroatoms. The number of alkyl halides is 1. The van der Waals surface area contributed by atoms with E-state index in [2.05, 4.69) is 15.9 Å². The van der Waals surface area contributed by atoms with Gasteiger partial charge in [0.05, 0.1) is 24.7 Å². The third-order valence-corrected chi connectivity index (χ3v) is 7.29. The van der Waals surface area contributed by atoms with Gasteiger partial charge >= 0.3 is 0 Å². The van der Waals surface area contributed by atoms with Crippen LogP contribution in [0.15, 0.2) is 39.1 Å². The first-order chi connectivity index (χ1) is 18.2. The number of hydrogen-bond donors (Lipinski definition) is 1. The van der Waals surface area contributed by atoms with Crippen LogP contribution in [0.4, 0.5) is 0 Å². The van der Waals surface area contributed by atoms with Gasteiger partial charge < -0.3 is 23.7 Å². The Bertz CT molecular complexity index is 1440. The predicted molar refractivity (Wildman–Crippen MR) is 157 cm³/mol. The fourth-order valence-corrected chi connectivity index (χ4v) is 5.16. The lowest BCUT2D eigenvalue weighted by Crippen LogP contribution is -2.27. The molecular formula is C31H37BrO6. The van der Waals surface area contributed by atoms with Crippen LogP contribution in [-0.4, -0.2) is 29.8 Å². The largest absolute Gasteiger partial charge is 0.506 e. The van der Waals surface area contributed by atoms with Gasteiger partial charge in [-0.25, -0.2) is 0 Å². The number of methoxy groups -OCH3 is 1. The van der Waals surface area contributed by atoms with E-state index in [0.29, 0.717) is 52.4 Å². The zero-order valence-corrected chi connectivity index (χ0v) is 24.5. The fourth-order valence-electron chi connectivity index (χ4n) is 4.77. The molecule has 38 heavy (non-hydrogen) atoms. The van der Waals surface area contributed by atoms with Crippen molar-refractivity contribution in [2.75, 3.05) is 19.0 Å². The first kappa shape index (κ1) is 28.1. The second kappa shape index (κ2) is 11.9. The summed E-state index contributed by atoms with van der Waals surface area (Å²) in [6.45, 7) is 8.41. The molecule has 0 amide bonds. The number of ether oxygens (including phenoxy) is 3. The highest BCUT2D eigenvalue weighted by atomic mass is 79.9. The number of allylic oxidation sites excluding steroid dienone is 2. The molecule has 3 aromatic rings. The van der Waals surface area contributed by atoms with Crippen LogP contribution >= 0.6 is 15.9 Å². The fraction of sp³-hybridized carbons (Fsp3) is 0.452. The Hall–Kier alpha value is -2.93. The van der Waals surface area contributed by atoms with Crippen LogP contribution in [0.25, 0.3) is 28.0 Å². The lowest BCUT2D eigenvalue weighted by Gasteiger charge is -2.28. The van der Waals surface area contributed by atoms with Gasteiger partial charge in [-0.1, -0.05) is 46.8 Å². The molecule has 0 saturated heterocycles. The molecule has 2 heterocycles. The van der Waals surface area contributed by atoms with Crippen LogP contribution in [0.1, 0.15) is 70.9 Å². The van der Waals surface area contributed by atoms with Gasteiger partial charge in [0.15, 0.2) is 11.5 Å². The molecule has 0 atom stereocenters. The molecule has 204 valence electrons. The molecule has 0 aliphatic carbocycles. The van der Waals surface area contributed by atoms with Crippen molar-refractivity contribution in [2.45, 2.75) is 71.8 Å². The van der Waals surface area contributed by atoms with Crippen LogP contribution in [0.2, 0.25) is 0 Å². The second-order valence-electron chi connectivity index (χ2n) is 10.5. The first-order valence-corrected chi connectivity index (χ1v) is 14.4. The van der Waals surface area contributed by atoms with Crippen LogP contribution in [-0.2, 0) is 6.42 Å². The van der Waals surface area contributed by atoms with Crippen LogP contribution < -0.4 is 19.6 Å². The van der Waals surface area contributed by atoms with Crippen molar-refractivity contribution in [3.8, 4) is 23.0 Å². The zero-order chi connectivity index (χ0) is 27.4. The van der Waals surface area contributed by atoms with E-state index in [9.17, 15) is 9.90 Å². The maximum atomic E-state index is 13.9. The number of phenolic OH excluding ortho intramolecular Hbond substituents is 1. The molecule has 0 saturated carbocycles. The maximum absolute atomic E-state index is 13.9. The van der Waals surface area contributed by atoms with Crippen LogP contribution in [0.5, 0.6) is 23.0 Å². The Morgan fingerprint density at radius 3 is 2.50 bits per heavy atom. The SMILES string of the molecule is COc1c(OCCCCCCCBr)cc2oc3cc4c(c(O)c3c(=O)c2c1CC=C(C)C)C=CC(C)(C)O4. The molecule has 0 radical (unpaired) electrons. The molecule has 2 aromatic carbocycles. The molecule has 0 spiro atoms. The Morgan fingerprint density at radius 2 is 1.79 bits per heavy atom. The van der Waals surface area contributed by atoms with E-state index in [1.807, 2.05) is 39.8 Å². The summed E-state index contributed by atoms with van der Waals surface area (Å²) >= 11 is 3.48. The highest BCUT2D eigenvalue weighted by Gasteiger charge is 2.28. The van der Waals surface area contributed by atoms with Crippen molar-refractivity contribution in [3.63, 3.8) is 0 Å². The Labute approximate surface area is 232 Å². The molecule has 0 unspecified atom stereocenters. The molecule has 1 aliphatic heterocycles. The van der Waals surface area contributed by atoms with Gasteiger partial charge in [-0.2, -0.15) is 0 Å². The summed E-state index contributed by atoms with van der Waals surface area (Å²) in [5.74, 6) is 1.39. The molecule has 0 bridgehead atoms. The van der Waals surface area contributed by atoms with Crippen molar-refractivity contribution in [1.29, 1.82) is 0 Å². The predicted octanol–water partition coefficient (Wildman–Crippen LogP) is 8.08. The van der Waals surface area contributed by atoms with E-state index in [1.54, 1.807) is 25.3 Å². The van der Waals surface area contributed by atoms with E-state index in [4.69, 9.17) is 18.6 Å². The van der Waals surface area contributed by atoms with Gasteiger partial charge in [0, 0.05) is 23.0 Å². The molecule has 0 fully saturated rings. The van der Waals surface area contributed by atoms with E-state index >= 15 is 0 Å². The molecule has 6 nitrogen and oxygen atoms in total. The summed E-state index contributed by atoms with van der Waals surface area (Å²) in [5, 5.41) is 12.7. The minimum Gasteiger partial charge on any atom is -0.506 e. The summed E-state index contributed by atoms with van der Waals surface area (Å²) in [7, 11) is 1.58. The molecule has 1 aromatic heterocycles. The minimum atomic E-state index is -0.537. The molecular weight excluding hydrogens is 548 g/mol. The normalized spacial score (nSPS) is 13.8. The molecule has 1 N–H and O–H groups in total. The van der Waals surface area contributed by atoms with E-state index < -0.39 is 5.60 Å². The van der Waals surface area contributed by atoms with Gasteiger partial charge in [0.2, 0.25) is 5.43 Å². The van der Waals surface area contributed by atoms with Gasteiger partial charge in [0.1, 0.15) is 33.7 Å². The van der Waals surface area contributed by atoms with Crippen molar-refractivity contribution < 1.29 is 23.7 Å². The third kappa shape index (κ3) is 5.88. The third-order valence-electron chi connectivity index (χ3n) is 6.73. The zero-order valence-electron chi connectivity index (χ0n) is 22.9. The van der Waals surface area contributed by atoms with E-state index in [1.165, 1.54) is 19.3 Å². The highest BCUT2D eigenvalue weighted by Crippen LogP contribution is 2.43. The summed E-state index contributed by atoms with van der Waals surface area (Å²) in [6.07, 6.45) is 11.7. The number of aromatic hydroxyl groups is 1. The lowest BCUT2D eigenvalue weighted by molar-refractivity contribution is 0.158.